The number of anilines is 2. The van der Waals surface area contributed by atoms with Crippen molar-refractivity contribution in [1.82, 2.24) is 4.98 Å². The highest BCUT2D eigenvalue weighted by Gasteiger charge is 2.12. The lowest BCUT2D eigenvalue weighted by Gasteiger charge is -2.12. The molecule has 0 saturated carbocycles. The van der Waals surface area contributed by atoms with Crippen molar-refractivity contribution in [2.45, 2.75) is 13.3 Å². The molecule has 0 saturated heterocycles. The second-order valence-corrected chi connectivity index (χ2v) is 6.53. The van der Waals surface area contributed by atoms with Crippen LogP contribution in [0.3, 0.4) is 0 Å². The molecule has 3 rings (SSSR count). The Kier molecular flexibility index (Phi) is 5.72. The first-order chi connectivity index (χ1) is 13.0. The molecule has 3 aromatic rings. The number of nitrogens with zero attached hydrogens (tertiary/aromatic N) is 1. The summed E-state index contributed by atoms with van der Waals surface area (Å²) < 4.78 is 18.3. The Bertz CT molecular complexity index is 971. The number of aromatic nitrogens is 1. The molecular weight excluding hydrogens is 367 g/mol. The Morgan fingerprint density at radius 3 is 2.74 bits per heavy atom. The van der Waals surface area contributed by atoms with E-state index in [9.17, 15) is 9.18 Å². The Labute approximate surface area is 162 Å². The summed E-state index contributed by atoms with van der Waals surface area (Å²) in [6.07, 6.45) is 2.20. The predicted octanol–water partition coefficient (Wildman–Crippen LogP) is 5.30. The van der Waals surface area contributed by atoms with Crippen LogP contribution in [-0.4, -0.2) is 18.1 Å². The molecule has 2 aromatic carbocycles. The number of carbonyl (C=O) groups excluding carboxylic acids is 1. The third-order valence-electron chi connectivity index (χ3n) is 4.16. The zero-order valence-corrected chi connectivity index (χ0v) is 15.7. The Morgan fingerprint density at radius 1 is 1.19 bits per heavy atom. The van der Waals surface area contributed by atoms with Crippen LogP contribution >= 0.6 is 11.6 Å². The average Bonchev–Trinajstić information content (AvgIpc) is 2.62. The van der Waals surface area contributed by atoms with Gasteiger partial charge in [0.2, 0.25) is 0 Å². The van der Waals surface area contributed by atoms with Crippen molar-refractivity contribution in [1.29, 1.82) is 0 Å². The maximum absolute atomic E-state index is 13.5. The minimum Gasteiger partial charge on any atom is -0.465 e. The van der Waals surface area contributed by atoms with Gasteiger partial charge >= 0.3 is 5.97 Å². The molecule has 0 bridgehead atoms. The smallest absolute Gasteiger partial charge is 0.338 e. The molecule has 138 valence electrons. The fraction of sp³-hybridized carbons (Fsp3) is 0.143. The molecule has 27 heavy (non-hydrogen) atoms. The van der Waals surface area contributed by atoms with Gasteiger partial charge in [-0.15, -0.1) is 0 Å². The van der Waals surface area contributed by atoms with Crippen LogP contribution in [-0.2, 0) is 11.2 Å². The Balaban J connectivity index is 1.83. The number of carbonyl (C=O) groups is 1. The van der Waals surface area contributed by atoms with Crippen LogP contribution in [0.25, 0.3) is 0 Å². The predicted molar refractivity (Wildman–Crippen MR) is 104 cm³/mol. The summed E-state index contributed by atoms with van der Waals surface area (Å²) in [6.45, 7) is 1.84. The number of methoxy groups -OCH3 is 1. The number of hydrogen-bond acceptors (Lipinski definition) is 4. The number of pyridine rings is 1. The number of halogens is 2. The zero-order valence-electron chi connectivity index (χ0n) is 14.9. The van der Waals surface area contributed by atoms with E-state index >= 15 is 0 Å². The monoisotopic (exact) mass is 384 g/mol. The minimum absolute atomic E-state index is 0.361. The van der Waals surface area contributed by atoms with Crippen LogP contribution in [0.15, 0.2) is 54.7 Å². The minimum atomic E-state index is -0.388. The van der Waals surface area contributed by atoms with Crippen LogP contribution < -0.4 is 5.32 Å². The summed E-state index contributed by atoms with van der Waals surface area (Å²) in [6, 6.07) is 13.6. The lowest BCUT2D eigenvalue weighted by Crippen LogP contribution is -2.06. The lowest BCUT2D eigenvalue weighted by atomic mass is 10.1. The number of benzene rings is 2. The van der Waals surface area contributed by atoms with Crippen LogP contribution in [0.2, 0.25) is 5.02 Å². The highest BCUT2D eigenvalue weighted by molar-refractivity contribution is 6.30. The van der Waals surface area contributed by atoms with Gasteiger partial charge in [-0.25, -0.2) is 14.2 Å². The molecule has 0 amide bonds. The van der Waals surface area contributed by atoms with Gasteiger partial charge in [0.05, 0.1) is 12.7 Å². The maximum Gasteiger partial charge on any atom is 0.338 e. The van der Waals surface area contributed by atoms with Crippen molar-refractivity contribution in [3.8, 4) is 0 Å². The van der Waals surface area contributed by atoms with Gasteiger partial charge in [0, 0.05) is 16.9 Å². The van der Waals surface area contributed by atoms with Crippen molar-refractivity contribution in [2.75, 3.05) is 12.4 Å². The molecule has 0 unspecified atom stereocenters. The first kappa shape index (κ1) is 18.9. The van der Waals surface area contributed by atoms with Crippen molar-refractivity contribution in [2.24, 2.45) is 0 Å². The molecule has 0 radical (unpaired) electrons. The molecular formula is C21H18ClFN2O2. The third-order valence-corrected chi connectivity index (χ3v) is 4.37. The Hall–Kier alpha value is -2.92. The summed E-state index contributed by atoms with van der Waals surface area (Å²) in [7, 11) is 1.35. The summed E-state index contributed by atoms with van der Waals surface area (Å²) >= 11 is 5.92. The van der Waals surface area contributed by atoms with Gasteiger partial charge in [0.1, 0.15) is 11.6 Å². The molecule has 1 aromatic heterocycles. The topological polar surface area (TPSA) is 51.2 Å². The molecule has 1 heterocycles. The van der Waals surface area contributed by atoms with Gasteiger partial charge < -0.3 is 10.1 Å². The summed E-state index contributed by atoms with van der Waals surface area (Å²) in [5.41, 5.74) is 3.76. The van der Waals surface area contributed by atoms with Crippen LogP contribution in [0.5, 0.6) is 0 Å². The standard InChI is InChI=1S/C21H18ClFN2O2/c1-13-18(21(26)27-2)4-3-5-19(13)25-20-11-14(6-7-24-20)8-15-9-16(22)12-17(23)10-15/h3-7,9-12H,8H2,1-2H3,(H,24,25). The van der Waals surface area contributed by atoms with E-state index in [2.05, 4.69) is 10.3 Å². The normalized spacial score (nSPS) is 10.5. The first-order valence-corrected chi connectivity index (χ1v) is 8.69. The second kappa shape index (κ2) is 8.18. The molecule has 6 heteroatoms. The van der Waals surface area contributed by atoms with Gasteiger partial charge in [0.25, 0.3) is 0 Å². The molecule has 4 nitrogen and oxygen atoms in total. The van der Waals surface area contributed by atoms with Gasteiger partial charge in [0.15, 0.2) is 0 Å². The Morgan fingerprint density at radius 2 is 2.00 bits per heavy atom. The molecule has 1 N–H and O–H groups in total. The number of esters is 1. The second-order valence-electron chi connectivity index (χ2n) is 6.10. The quantitative estimate of drug-likeness (QED) is 0.606. The molecule has 0 aliphatic heterocycles. The maximum atomic E-state index is 13.5. The van der Waals surface area contributed by atoms with E-state index in [-0.39, 0.29) is 11.8 Å². The highest BCUT2D eigenvalue weighted by atomic mass is 35.5. The van der Waals surface area contributed by atoms with E-state index < -0.39 is 0 Å². The van der Waals surface area contributed by atoms with Gasteiger partial charge in [-0.2, -0.15) is 0 Å². The molecule has 0 atom stereocenters. The van der Waals surface area contributed by atoms with E-state index in [4.69, 9.17) is 16.3 Å². The zero-order chi connectivity index (χ0) is 19.4. The van der Waals surface area contributed by atoms with E-state index in [0.717, 1.165) is 22.4 Å². The fourth-order valence-corrected chi connectivity index (χ4v) is 3.09. The van der Waals surface area contributed by atoms with E-state index in [1.54, 1.807) is 24.4 Å². The first-order valence-electron chi connectivity index (χ1n) is 8.31. The van der Waals surface area contributed by atoms with Crippen molar-refractivity contribution in [3.63, 3.8) is 0 Å². The third kappa shape index (κ3) is 4.63. The van der Waals surface area contributed by atoms with Crippen LogP contribution in [0.4, 0.5) is 15.9 Å². The molecule has 0 aliphatic rings. The average molecular weight is 385 g/mol. The summed E-state index contributed by atoms with van der Waals surface area (Å²) in [5, 5.41) is 3.59. The number of nitrogens with one attached hydrogen (secondary N) is 1. The van der Waals surface area contributed by atoms with Crippen molar-refractivity contribution >= 4 is 29.1 Å². The van der Waals surface area contributed by atoms with E-state index in [1.807, 2.05) is 25.1 Å². The van der Waals surface area contributed by atoms with Gasteiger partial charge in [-0.3, -0.25) is 0 Å². The molecule has 0 spiro atoms. The number of ether oxygens (including phenoxy) is 1. The lowest BCUT2D eigenvalue weighted by molar-refractivity contribution is 0.0600. The van der Waals surface area contributed by atoms with Crippen molar-refractivity contribution < 1.29 is 13.9 Å². The van der Waals surface area contributed by atoms with Crippen LogP contribution in [0.1, 0.15) is 27.0 Å². The SMILES string of the molecule is COC(=O)c1cccc(Nc2cc(Cc3cc(F)cc(Cl)c3)ccn2)c1C. The summed E-state index contributed by atoms with van der Waals surface area (Å²) in [4.78, 5) is 16.2. The summed E-state index contributed by atoms with van der Waals surface area (Å²) in [5.74, 6) is -0.124. The largest absolute Gasteiger partial charge is 0.465 e. The van der Waals surface area contributed by atoms with E-state index in [0.29, 0.717) is 22.8 Å². The fourth-order valence-electron chi connectivity index (χ4n) is 2.84. The van der Waals surface area contributed by atoms with Gasteiger partial charge in [-0.1, -0.05) is 17.7 Å². The van der Waals surface area contributed by atoms with Crippen molar-refractivity contribution in [3.05, 3.63) is 87.8 Å². The highest BCUT2D eigenvalue weighted by Crippen LogP contribution is 2.24. The number of rotatable bonds is 5. The molecule has 0 aliphatic carbocycles. The number of hydrogen-bond donors (Lipinski definition) is 1. The van der Waals surface area contributed by atoms with Gasteiger partial charge in [-0.05, 0) is 72.5 Å². The van der Waals surface area contributed by atoms with E-state index in [1.165, 1.54) is 19.2 Å². The van der Waals surface area contributed by atoms with Crippen LogP contribution in [0, 0.1) is 12.7 Å². The molecule has 0 fully saturated rings.